The number of urea groups is 1. The zero-order valence-electron chi connectivity index (χ0n) is 11.6. The van der Waals surface area contributed by atoms with Gasteiger partial charge in [-0.1, -0.05) is 30.5 Å². The van der Waals surface area contributed by atoms with Crippen molar-refractivity contribution in [2.75, 3.05) is 11.9 Å². The molecule has 1 aliphatic carbocycles. The molecule has 0 aromatic heterocycles. The molecule has 0 bridgehead atoms. The van der Waals surface area contributed by atoms with E-state index in [2.05, 4.69) is 10.6 Å². The maximum Gasteiger partial charge on any atom is 0.319 e. The summed E-state index contributed by atoms with van der Waals surface area (Å²) in [6.45, 7) is 4.00. The summed E-state index contributed by atoms with van der Waals surface area (Å²) in [6.07, 6.45) is 3.82. The van der Waals surface area contributed by atoms with Gasteiger partial charge in [0.05, 0.1) is 12.1 Å². The number of aryl methyl sites for hydroxylation is 2. The van der Waals surface area contributed by atoms with Crippen LogP contribution in [-0.2, 0) is 0 Å². The average Bonchev–Trinajstić information content (AvgIpc) is 2.82. The summed E-state index contributed by atoms with van der Waals surface area (Å²) in [6, 6.07) is 5.68. The van der Waals surface area contributed by atoms with E-state index in [1.807, 2.05) is 32.0 Å². The van der Waals surface area contributed by atoms with Gasteiger partial charge in [-0.25, -0.2) is 4.79 Å². The van der Waals surface area contributed by atoms with E-state index in [-0.39, 0.29) is 12.6 Å². The fourth-order valence-electron chi connectivity index (χ4n) is 2.72. The quantitative estimate of drug-likeness (QED) is 0.784. The molecule has 0 unspecified atom stereocenters. The van der Waals surface area contributed by atoms with Gasteiger partial charge >= 0.3 is 6.03 Å². The van der Waals surface area contributed by atoms with Crippen molar-refractivity contribution in [3.05, 3.63) is 29.3 Å². The predicted molar refractivity (Wildman–Crippen MR) is 76.4 cm³/mol. The molecular weight excluding hydrogens is 240 g/mol. The summed E-state index contributed by atoms with van der Waals surface area (Å²) in [4.78, 5) is 12.0. The Morgan fingerprint density at radius 3 is 2.58 bits per heavy atom. The second kappa shape index (κ2) is 5.61. The van der Waals surface area contributed by atoms with Gasteiger partial charge in [-0.15, -0.1) is 0 Å². The van der Waals surface area contributed by atoms with Crippen LogP contribution in [0.3, 0.4) is 0 Å². The lowest BCUT2D eigenvalue weighted by molar-refractivity contribution is 0.167. The SMILES string of the molecule is Cc1ccc(NC(=O)NC2(CO)CCCC2)c(C)c1. The average molecular weight is 262 g/mol. The highest BCUT2D eigenvalue weighted by Gasteiger charge is 2.34. The highest BCUT2D eigenvalue weighted by atomic mass is 16.3. The van der Waals surface area contributed by atoms with Gasteiger partial charge in [0.1, 0.15) is 0 Å². The highest BCUT2D eigenvalue weighted by Crippen LogP contribution is 2.29. The summed E-state index contributed by atoms with van der Waals surface area (Å²) in [7, 11) is 0. The van der Waals surface area contributed by atoms with Gasteiger partial charge in [0.15, 0.2) is 0 Å². The molecule has 104 valence electrons. The maximum absolute atomic E-state index is 12.0. The highest BCUT2D eigenvalue weighted by molar-refractivity contribution is 5.90. The monoisotopic (exact) mass is 262 g/mol. The molecule has 2 amide bonds. The van der Waals surface area contributed by atoms with Crippen molar-refractivity contribution in [2.24, 2.45) is 0 Å². The molecule has 0 atom stereocenters. The molecule has 1 fully saturated rings. The van der Waals surface area contributed by atoms with Gasteiger partial charge in [0, 0.05) is 5.69 Å². The molecule has 0 heterocycles. The van der Waals surface area contributed by atoms with Crippen LogP contribution in [0.25, 0.3) is 0 Å². The Bertz CT molecular complexity index is 465. The van der Waals surface area contributed by atoms with E-state index in [1.54, 1.807) is 0 Å². The van der Waals surface area contributed by atoms with Crippen LogP contribution in [0.4, 0.5) is 10.5 Å². The molecule has 0 aliphatic heterocycles. The number of hydrogen-bond donors (Lipinski definition) is 3. The summed E-state index contributed by atoms with van der Waals surface area (Å²) in [5, 5.41) is 15.3. The third kappa shape index (κ3) is 3.26. The molecule has 1 aromatic rings. The van der Waals surface area contributed by atoms with E-state index < -0.39 is 5.54 Å². The normalized spacial score (nSPS) is 17.2. The minimum absolute atomic E-state index is 0.00724. The zero-order chi connectivity index (χ0) is 13.9. The van der Waals surface area contributed by atoms with Gasteiger partial charge in [0.2, 0.25) is 0 Å². The third-order valence-corrected chi connectivity index (χ3v) is 3.87. The molecule has 1 saturated carbocycles. The van der Waals surface area contributed by atoms with Gasteiger partial charge < -0.3 is 15.7 Å². The van der Waals surface area contributed by atoms with Gasteiger partial charge in [-0.05, 0) is 38.3 Å². The number of amides is 2. The number of aliphatic hydroxyl groups is 1. The first-order valence-electron chi connectivity index (χ1n) is 6.82. The Morgan fingerprint density at radius 1 is 1.32 bits per heavy atom. The van der Waals surface area contributed by atoms with Crippen LogP contribution in [-0.4, -0.2) is 23.3 Å². The van der Waals surface area contributed by atoms with Crippen molar-refractivity contribution < 1.29 is 9.90 Å². The standard InChI is InChI=1S/C15H22N2O2/c1-11-5-6-13(12(2)9-11)16-14(19)17-15(10-18)7-3-4-8-15/h5-6,9,18H,3-4,7-8,10H2,1-2H3,(H2,16,17,19). The van der Waals surface area contributed by atoms with Crippen LogP contribution in [0.2, 0.25) is 0 Å². The fraction of sp³-hybridized carbons (Fsp3) is 0.533. The number of aliphatic hydroxyl groups excluding tert-OH is 1. The second-order valence-electron chi connectivity index (χ2n) is 5.54. The van der Waals surface area contributed by atoms with E-state index in [1.165, 1.54) is 5.56 Å². The third-order valence-electron chi connectivity index (χ3n) is 3.87. The number of benzene rings is 1. The predicted octanol–water partition coefficient (Wildman–Crippen LogP) is 2.73. The van der Waals surface area contributed by atoms with Crippen LogP contribution in [0.5, 0.6) is 0 Å². The van der Waals surface area contributed by atoms with E-state index in [0.717, 1.165) is 36.9 Å². The molecule has 0 saturated heterocycles. The number of carbonyl (C=O) groups excluding carboxylic acids is 1. The molecular formula is C15H22N2O2. The first-order valence-corrected chi connectivity index (χ1v) is 6.82. The lowest BCUT2D eigenvalue weighted by atomic mass is 9.99. The molecule has 4 nitrogen and oxygen atoms in total. The van der Waals surface area contributed by atoms with Crippen molar-refractivity contribution in [2.45, 2.75) is 45.1 Å². The van der Waals surface area contributed by atoms with Crippen LogP contribution in [0.15, 0.2) is 18.2 Å². The molecule has 19 heavy (non-hydrogen) atoms. The Labute approximate surface area is 114 Å². The number of carbonyl (C=O) groups is 1. The van der Waals surface area contributed by atoms with Crippen LogP contribution < -0.4 is 10.6 Å². The number of hydrogen-bond acceptors (Lipinski definition) is 2. The first kappa shape index (κ1) is 13.9. The first-order chi connectivity index (χ1) is 9.04. The molecule has 1 aliphatic rings. The fourth-order valence-corrected chi connectivity index (χ4v) is 2.72. The Kier molecular flexibility index (Phi) is 4.10. The minimum Gasteiger partial charge on any atom is -0.394 e. The van der Waals surface area contributed by atoms with E-state index in [9.17, 15) is 9.90 Å². The summed E-state index contributed by atoms with van der Waals surface area (Å²) < 4.78 is 0. The van der Waals surface area contributed by atoms with Crippen molar-refractivity contribution in [3.8, 4) is 0 Å². The van der Waals surface area contributed by atoms with Crippen molar-refractivity contribution in [1.82, 2.24) is 5.32 Å². The Morgan fingerprint density at radius 2 is 2.00 bits per heavy atom. The second-order valence-corrected chi connectivity index (χ2v) is 5.54. The lowest BCUT2D eigenvalue weighted by Crippen LogP contribution is -2.50. The van der Waals surface area contributed by atoms with Crippen molar-refractivity contribution in [3.63, 3.8) is 0 Å². The van der Waals surface area contributed by atoms with E-state index in [0.29, 0.717) is 0 Å². The number of rotatable bonds is 3. The molecule has 0 radical (unpaired) electrons. The zero-order valence-corrected chi connectivity index (χ0v) is 11.6. The maximum atomic E-state index is 12.0. The smallest absolute Gasteiger partial charge is 0.319 e. The molecule has 3 N–H and O–H groups in total. The molecule has 1 aromatic carbocycles. The van der Waals surface area contributed by atoms with Gasteiger partial charge in [-0.3, -0.25) is 0 Å². The minimum atomic E-state index is -0.428. The number of anilines is 1. The van der Waals surface area contributed by atoms with Crippen molar-refractivity contribution >= 4 is 11.7 Å². The summed E-state index contributed by atoms with van der Waals surface area (Å²) in [5.41, 5.74) is 2.60. The van der Waals surface area contributed by atoms with Crippen molar-refractivity contribution in [1.29, 1.82) is 0 Å². The Balaban J connectivity index is 2.01. The van der Waals surface area contributed by atoms with E-state index >= 15 is 0 Å². The van der Waals surface area contributed by atoms with Crippen LogP contribution in [0, 0.1) is 13.8 Å². The van der Waals surface area contributed by atoms with Crippen LogP contribution >= 0.6 is 0 Å². The lowest BCUT2D eigenvalue weighted by Gasteiger charge is -2.28. The number of nitrogens with one attached hydrogen (secondary N) is 2. The molecule has 0 spiro atoms. The van der Waals surface area contributed by atoms with E-state index in [4.69, 9.17) is 0 Å². The summed E-state index contributed by atoms with van der Waals surface area (Å²) in [5.74, 6) is 0. The Hall–Kier alpha value is -1.55. The molecule has 2 rings (SSSR count). The summed E-state index contributed by atoms with van der Waals surface area (Å²) >= 11 is 0. The van der Waals surface area contributed by atoms with Gasteiger partial charge in [-0.2, -0.15) is 0 Å². The van der Waals surface area contributed by atoms with Gasteiger partial charge in [0.25, 0.3) is 0 Å². The molecule has 4 heteroatoms. The van der Waals surface area contributed by atoms with Crippen LogP contribution in [0.1, 0.15) is 36.8 Å². The topological polar surface area (TPSA) is 61.4 Å². The largest absolute Gasteiger partial charge is 0.394 e.